The van der Waals surface area contributed by atoms with Crippen molar-refractivity contribution in [2.45, 2.75) is 26.0 Å². The van der Waals surface area contributed by atoms with Crippen LogP contribution in [-0.4, -0.2) is 12.0 Å². The van der Waals surface area contributed by atoms with Crippen molar-refractivity contribution in [1.82, 2.24) is 5.32 Å². The lowest BCUT2D eigenvalue weighted by molar-refractivity contribution is -0.120. The van der Waals surface area contributed by atoms with Gasteiger partial charge < -0.3 is 10.1 Å². The van der Waals surface area contributed by atoms with E-state index in [2.05, 4.69) is 5.32 Å². The van der Waals surface area contributed by atoms with Gasteiger partial charge in [0.1, 0.15) is 6.10 Å². The number of hydrogen-bond donors (Lipinski definition) is 1. The number of carbonyl (C=O) groups excluding carboxylic acids is 1. The molecular formula is C11H12FNO2. The van der Waals surface area contributed by atoms with Crippen LogP contribution in [0.1, 0.15) is 25.5 Å². The average molecular weight is 209 g/mol. The Balaban J connectivity index is 2.37. The lowest BCUT2D eigenvalue weighted by atomic mass is 10.0. The number of rotatable bonds is 1. The van der Waals surface area contributed by atoms with E-state index in [0.29, 0.717) is 5.56 Å². The second-order valence-electron chi connectivity index (χ2n) is 3.66. The maximum absolute atomic E-state index is 13.3. The van der Waals surface area contributed by atoms with E-state index in [1.165, 1.54) is 13.0 Å². The fraction of sp³-hybridized carbons (Fsp3) is 0.364. The molecule has 15 heavy (non-hydrogen) atoms. The summed E-state index contributed by atoms with van der Waals surface area (Å²) < 4.78 is 18.7. The van der Waals surface area contributed by atoms with E-state index < -0.39 is 0 Å². The molecular weight excluding hydrogens is 197 g/mol. The zero-order chi connectivity index (χ0) is 11.0. The second-order valence-corrected chi connectivity index (χ2v) is 3.66. The lowest BCUT2D eigenvalue weighted by Crippen LogP contribution is -2.32. The molecule has 0 saturated carbocycles. The fourth-order valence-corrected chi connectivity index (χ4v) is 1.82. The summed E-state index contributed by atoms with van der Waals surface area (Å²) in [6, 6.07) is 4.47. The highest BCUT2D eigenvalue weighted by molar-refractivity contribution is 5.74. The number of benzene rings is 1. The van der Waals surface area contributed by atoms with Crippen LogP contribution in [-0.2, 0) is 4.79 Å². The Bertz CT molecular complexity index is 406. The Hall–Kier alpha value is -1.58. The van der Waals surface area contributed by atoms with Gasteiger partial charge in [0, 0.05) is 12.5 Å². The number of nitrogens with one attached hydrogen (secondary N) is 1. The van der Waals surface area contributed by atoms with Crippen LogP contribution in [0.15, 0.2) is 18.2 Å². The number of amides is 1. The van der Waals surface area contributed by atoms with Gasteiger partial charge in [-0.3, -0.25) is 4.79 Å². The van der Waals surface area contributed by atoms with Crippen molar-refractivity contribution in [2.24, 2.45) is 0 Å². The number of fused-ring (bicyclic) bond motifs is 1. The molecule has 2 rings (SSSR count). The van der Waals surface area contributed by atoms with Gasteiger partial charge in [0.2, 0.25) is 5.91 Å². The molecule has 0 fully saturated rings. The van der Waals surface area contributed by atoms with Gasteiger partial charge in [-0.15, -0.1) is 0 Å². The minimum absolute atomic E-state index is 0.146. The molecule has 4 heteroatoms. The number of carbonyl (C=O) groups is 1. The van der Waals surface area contributed by atoms with Gasteiger partial charge in [0.05, 0.1) is 6.04 Å². The zero-order valence-electron chi connectivity index (χ0n) is 8.58. The van der Waals surface area contributed by atoms with Gasteiger partial charge in [-0.05, 0) is 13.0 Å². The van der Waals surface area contributed by atoms with E-state index >= 15 is 0 Å². The molecule has 3 nitrogen and oxygen atoms in total. The third kappa shape index (κ3) is 1.67. The summed E-state index contributed by atoms with van der Waals surface area (Å²) in [6.45, 7) is 3.24. The highest BCUT2D eigenvalue weighted by Gasteiger charge is 2.33. The fourth-order valence-electron chi connectivity index (χ4n) is 1.82. The van der Waals surface area contributed by atoms with Crippen molar-refractivity contribution in [2.75, 3.05) is 0 Å². The van der Waals surface area contributed by atoms with Crippen LogP contribution in [0.5, 0.6) is 5.75 Å². The summed E-state index contributed by atoms with van der Waals surface area (Å²) in [5.74, 6) is -0.275. The van der Waals surface area contributed by atoms with E-state index in [-0.39, 0.29) is 29.6 Å². The first-order chi connectivity index (χ1) is 7.09. The molecule has 1 amide bonds. The van der Waals surface area contributed by atoms with Crippen LogP contribution in [0.25, 0.3) is 0 Å². The molecule has 1 heterocycles. The third-order valence-corrected chi connectivity index (χ3v) is 2.46. The van der Waals surface area contributed by atoms with Crippen molar-refractivity contribution in [3.05, 3.63) is 29.6 Å². The lowest BCUT2D eigenvalue weighted by Gasteiger charge is -2.15. The molecule has 1 aromatic rings. The van der Waals surface area contributed by atoms with E-state index in [9.17, 15) is 9.18 Å². The summed E-state index contributed by atoms with van der Waals surface area (Å²) >= 11 is 0. The van der Waals surface area contributed by atoms with Crippen molar-refractivity contribution in [1.29, 1.82) is 0 Å². The minimum Gasteiger partial charge on any atom is -0.485 e. The minimum atomic E-state index is -0.382. The first kappa shape index (κ1) is 9.96. The molecule has 0 aromatic heterocycles. The maximum atomic E-state index is 13.3. The molecule has 0 bridgehead atoms. The molecule has 2 unspecified atom stereocenters. The third-order valence-electron chi connectivity index (χ3n) is 2.46. The topological polar surface area (TPSA) is 38.3 Å². The van der Waals surface area contributed by atoms with Crippen LogP contribution >= 0.6 is 0 Å². The first-order valence-electron chi connectivity index (χ1n) is 4.81. The summed E-state index contributed by atoms with van der Waals surface area (Å²) in [7, 11) is 0. The van der Waals surface area contributed by atoms with Gasteiger partial charge in [-0.1, -0.05) is 12.1 Å². The number of para-hydroxylation sites is 1. The molecule has 0 aliphatic carbocycles. The van der Waals surface area contributed by atoms with Crippen LogP contribution in [0.3, 0.4) is 0 Å². The molecule has 1 aliphatic rings. The zero-order valence-corrected chi connectivity index (χ0v) is 8.58. The Morgan fingerprint density at radius 1 is 1.53 bits per heavy atom. The Labute approximate surface area is 87.2 Å². The predicted octanol–water partition coefficient (Wildman–Crippen LogP) is 1.78. The number of ether oxygens (including phenoxy) is 1. The predicted molar refractivity (Wildman–Crippen MR) is 53.0 cm³/mol. The number of halogens is 1. The molecule has 0 saturated heterocycles. The molecule has 0 spiro atoms. The van der Waals surface area contributed by atoms with E-state index in [4.69, 9.17) is 4.74 Å². The molecule has 0 radical (unpaired) electrons. The first-order valence-corrected chi connectivity index (χ1v) is 4.81. The second kappa shape index (κ2) is 3.53. The van der Waals surface area contributed by atoms with Crippen LogP contribution < -0.4 is 10.1 Å². The molecule has 2 atom stereocenters. The van der Waals surface area contributed by atoms with Gasteiger partial charge in [-0.25, -0.2) is 4.39 Å². The average Bonchev–Trinajstić information content (AvgIpc) is 2.45. The van der Waals surface area contributed by atoms with Gasteiger partial charge in [0.15, 0.2) is 11.6 Å². The molecule has 1 N–H and O–H groups in total. The smallest absolute Gasteiger partial charge is 0.217 e. The molecule has 1 aromatic carbocycles. The molecule has 1 aliphatic heterocycles. The summed E-state index contributed by atoms with van der Waals surface area (Å²) in [4.78, 5) is 11.0. The number of hydrogen-bond acceptors (Lipinski definition) is 2. The quantitative estimate of drug-likeness (QED) is 0.765. The SMILES string of the molecule is CC(=O)NC1c2cccc(F)c2OC1C. The van der Waals surface area contributed by atoms with E-state index in [0.717, 1.165) is 0 Å². The highest BCUT2D eigenvalue weighted by Crippen LogP contribution is 2.38. The molecule has 80 valence electrons. The normalized spacial score (nSPS) is 23.1. The maximum Gasteiger partial charge on any atom is 0.217 e. The summed E-state index contributed by atoms with van der Waals surface area (Å²) in [5.41, 5.74) is 0.706. The van der Waals surface area contributed by atoms with Gasteiger partial charge in [0.25, 0.3) is 0 Å². The van der Waals surface area contributed by atoms with Crippen molar-refractivity contribution < 1.29 is 13.9 Å². The van der Waals surface area contributed by atoms with E-state index in [1.54, 1.807) is 19.1 Å². The van der Waals surface area contributed by atoms with Crippen molar-refractivity contribution in [3.8, 4) is 5.75 Å². The standard InChI is InChI=1S/C11H12FNO2/c1-6-10(13-7(2)14)8-4-3-5-9(12)11(8)15-6/h3-6,10H,1-2H3,(H,13,14). The Morgan fingerprint density at radius 2 is 2.27 bits per heavy atom. The Morgan fingerprint density at radius 3 is 2.93 bits per heavy atom. The highest BCUT2D eigenvalue weighted by atomic mass is 19.1. The summed E-state index contributed by atoms with van der Waals surface area (Å²) in [6.07, 6.45) is -0.235. The van der Waals surface area contributed by atoms with Crippen molar-refractivity contribution >= 4 is 5.91 Å². The van der Waals surface area contributed by atoms with Crippen LogP contribution in [0.4, 0.5) is 4.39 Å². The Kier molecular flexibility index (Phi) is 2.34. The van der Waals surface area contributed by atoms with Crippen LogP contribution in [0.2, 0.25) is 0 Å². The van der Waals surface area contributed by atoms with Crippen molar-refractivity contribution in [3.63, 3.8) is 0 Å². The van der Waals surface area contributed by atoms with Crippen LogP contribution in [0, 0.1) is 5.82 Å². The van der Waals surface area contributed by atoms with Gasteiger partial charge >= 0.3 is 0 Å². The largest absolute Gasteiger partial charge is 0.485 e. The summed E-state index contributed by atoms with van der Waals surface area (Å²) in [5, 5.41) is 2.74. The monoisotopic (exact) mass is 209 g/mol. The van der Waals surface area contributed by atoms with E-state index in [1.807, 2.05) is 0 Å². The van der Waals surface area contributed by atoms with Gasteiger partial charge in [-0.2, -0.15) is 0 Å².